The van der Waals surface area contributed by atoms with Crippen LogP contribution in [0.15, 0.2) is 79.3 Å². The minimum atomic E-state index is -0.0759. The molecule has 0 radical (unpaired) electrons. The van der Waals surface area contributed by atoms with Crippen molar-refractivity contribution in [1.82, 2.24) is 19.9 Å². The van der Waals surface area contributed by atoms with E-state index in [4.69, 9.17) is 21.9 Å². The fourth-order valence-corrected chi connectivity index (χ4v) is 6.22. The lowest BCUT2D eigenvalue weighted by Gasteiger charge is -2.28. The molecule has 2 fully saturated rings. The summed E-state index contributed by atoms with van der Waals surface area (Å²) < 4.78 is 8.60. The van der Waals surface area contributed by atoms with Crippen LogP contribution >= 0.6 is 12.2 Å². The SMILES string of the molecule is Cc1cc([C@@H]2[C@H](c3ccccn3)NC(=S)N2c2ccc(OC3CCCC3)cc2)c(C)n1Cc1ccncc1. The molecule has 2 aliphatic rings. The molecule has 1 saturated carbocycles. The van der Waals surface area contributed by atoms with Crippen LogP contribution in [0.3, 0.4) is 0 Å². The van der Waals surface area contributed by atoms with E-state index in [2.05, 4.69) is 82.1 Å². The molecular weight excluding hydrogens is 490 g/mol. The first-order valence-electron chi connectivity index (χ1n) is 13.4. The van der Waals surface area contributed by atoms with Gasteiger partial charge >= 0.3 is 0 Å². The molecule has 6 nitrogen and oxygen atoms in total. The van der Waals surface area contributed by atoms with Gasteiger partial charge in [-0.15, -0.1) is 0 Å². The summed E-state index contributed by atoms with van der Waals surface area (Å²) in [6.07, 6.45) is 10.7. The molecule has 0 amide bonds. The second kappa shape index (κ2) is 10.6. The van der Waals surface area contributed by atoms with Crippen LogP contribution in [-0.4, -0.2) is 25.8 Å². The Morgan fingerprint density at radius 1 is 0.974 bits per heavy atom. The van der Waals surface area contributed by atoms with Gasteiger partial charge in [0.2, 0.25) is 0 Å². The van der Waals surface area contributed by atoms with Gasteiger partial charge < -0.3 is 19.5 Å². The number of hydrogen-bond acceptors (Lipinski definition) is 4. The quantitative estimate of drug-likeness (QED) is 0.281. The molecule has 6 rings (SSSR count). The summed E-state index contributed by atoms with van der Waals surface area (Å²) in [5.41, 5.74) is 6.93. The summed E-state index contributed by atoms with van der Waals surface area (Å²) in [5, 5.41) is 4.30. The van der Waals surface area contributed by atoms with Gasteiger partial charge in [0, 0.05) is 42.2 Å². The van der Waals surface area contributed by atoms with E-state index < -0.39 is 0 Å². The van der Waals surface area contributed by atoms with Crippen LogP contribution < -0.4 is 15.0 Å². The number of thiocarbonyl (C=S) groups is 1. The van der Waals surface area contributed by atoms with Crippen molar-refractivity contribution in [1.29, 1.82) is 0 Å². The van der Waals surface area contributed by atoms with Crippen LogP contribution in [0.2, 0.25) is 0 Å². The number of pyridine rings is 2. The molecule has 1 saturated heterocycles. The summed E-state index contributed by atoms with van der Waals surface area (Å²) in [6.45, 7) is 5.18. The molecule has 38 heavy (non-hydrogen) atoms. The second-order valence-electron chi connectivity index (χ2n) is 10.3. The minimum absolute atomic E-state index is 0.0450. The molecule has 3 aromatic heterocycles. The lowest BCUT2D eigenvalue weighted by Crippen LogP contribution is -2.29. The molecule has 0 bridgehead atoms. The van der Waals surface area contributed by atoms with E-state index in [0.717, 1.165) is 36.5 Å². The molecule has 1 aliphatic heterocycles. The molecule has 4 aromatic rings. The van der Waals surface area contributed by atoms with E-state index in [-0.39, 0.29) is 12.1 Å². The molecule has 1 aliphatic carbocycles. The van der Waals surface area contributed by atoms with Crippen molar-refractivity contribution >= 4 is 23.0 Å². The van der Waals surface area contributed by atoms with Crippen molar-refractivity contribution in [2.45, 2.75) is 64.3 Å². The van der Waals surface area contributed by atoms with Crippen molar-refractivity contribution in [3.05, 3.63) is 107 Å². The normalized spacial score (nSPS) is 19.6. The van der Waals surface area contributed by atoms with Gasteiger partial charge in [-0.25, -0.2) is 0 Å². The topological polar surface area (TPSA) is 55.2 Å². The molecule has 4 heterocycles. The summed E-state index contributed by atoms with van der Waals surface area (Å²) >= 11 is 5.96. The zero-order valence-corrected chi connectivity index (χ0v) is 22.7. The molecule has 2 atom stereocenters. The van der Waals surface area contributed by atoms with Gasteiger partial charge in [0.25, 0.3) is 0 Å². The highest BCUT2D eigenvalue weighted by atomic mass is 32.1. The molecule has 1 aromatic carbocycles. The third-order valence-corrected chi connectivity index (χ3v) is 8.15. The van der Waals surface area contributed by atoms with E-state index in [0.29, 0.717) is 11.2 Å². The average Bonchev–Trinajstić information content (AvgIpc) is 3.65. The fraction of sp³-hybridized carbons (Fsp3) is 0.323. The number of aryl methyl sites for hydroxylation is 1. The molecule has 1 N–H and O–H groups in total. The van der Waals surface area contributed by atoms with Gasteiger partial charge in [-0.2, -0.15) is 0 Å². The molecular formula is C31H33N5OS. The Kier molecular flexibility index (Phi) is 6.85. The standard InChI is InChI=1S/C31H33N5OS/c1-21-19-27(22(2)35(21)20-23-14-17-32-18-15-23)30-29(28-9-5-6-16-33-28)34-31(38)36(30)24-10-12-26(13-11-24)37-25-7-3-4-8-25/h5-6,9-19,25,29-30H,3-4,7-8,20H2,1-2H3,(H,34,38)/t29-,30+/m0/s1. The maximum Gasteiger partial charge on any atom is 0.174 e. The Hall–Kier alpha value is -3.71. The van der Waals surface area contributed by atoms with Gasteiger partial charge in [0.1, 0.15) is 5.75 Å². The van der Waals surface area contributed by atoms with Gasteiger partial charge in [0.15, 0.2) is 5.11 Å². The van der Waals surface area contributed by atoms with Crippen molar-refractivity contribution in [3.8, 4) is 5.75 Å². The lowest BCUT2D eigenvalue weighted by molar-refractivity contribution is 0.210. The summed E-state index contributed by atoms with van der Waals surface area (Å²) in [4.78, 5) is 11.1. The van der Waals surface area contributed by atoms with Gasteiger partial charge in [-0.05, 0) is 117 Å². The number of rotatable bonds is 7. The smallest absolute Gasteiger partial charge is 0.174 e. The van der Waals surface area contributed by atoms with Gasteiger partial charge in [0.05, 0.1) is 23.9 Å². The highest BCUT2D eigenvalue weighted by Gasteiger charge is 2.42. The molecule has 0 unspecified atom stereocenters. The van der Waals surface area contributed by atoms with Gasteiger partial charge in [-0.3, -0.25) is 9.97 Å². The summed E-state index contributed by atoms with van der Waals surface area (Å²) in [6, 6.07) is 20.8. The number of hydrogen-bond donors (Lipinski definition) is 1. The lowest BCUT2D eigenvalue weighted by atomic mass is 9.96. The van der Waals surface area contributed by atoms with Crippen LogP contribution in [0.1, 0.15) is 66.0 Å². The van der Waals surface area contributed by atoms with Crippen LogP contribution in [0, 0.1) is 13.8 Å². The largest absolute Gasteiger partial charge is 0.490 e. The number of ether oxygens (including phenoxy) is 1. The van der Waals surface area contributed by atoms with Crippen LogP contribution in [-0.2, 0) is 6.54 Å². The van der Waals surface area contributed by atoms with Crippen molar-refractivity contribution in [2.24, 2.45) is 0 Å². The third-order valence-electron chi connectivity index (χ3n) is 7.84. The minimum Gasteiger partial charge on any atom is -0.490 e. The van der Waals surface area contributed by atoms with Crippen molar-refractivity contribution in [3.63, 3.8) is 0 Å². The average molecular weight is 524 g/mol. The fourth-order valence-electron chi connectivity index (χ4n) is 5.87. The molecule has 194 valence electrons. The van der Waals surface area contributed by atoms with Crippen LogP contribution in [0.4, 0.5) is 5.69 Å². The van der Waals surface area contributed by atoms with E-state index in [1.54, 1.807) is 0 Å². The molecule has 0 spiro atoms. The first-order chi connectivity index (χ1) is 18.6. The zero-order chi connectivity index (χ0) is 26.1. The number of aromatic nitrogens is 3. The third kappa shape index (κ3) is 4.78. The number of nitrogens with one attached hydrogen (secondary N) is 1. The first-order valence-corrected chi connectivity index (χ1v) is 13.8. The van der Waals surface area contributed by atoms with Crippen molar-refractivity contribution in [2.75, 3.05) is 4.90 Å². The zero-order valence-electron chi connectivity index (χ0n) is 21.9. The maximum absolute atomic E-state index is 6.23. The Morgan fingerprint density at radius 3 is 2.45 bits per heavy atom. The van der Waals surface area contributed by atoms with Gasteiger partial charge in [-0.1, -0.05) is 6.07 Å². The Balaban J connectivity index is 1.37. The highest BCUT2D eigenvalue weighted by molar-refractivity contribution is 7.80. The Bertz CT molecular complexity index is 1400. The summed E-state index contributed by atoms with van der Waals surface area (Å²) in [7, 11) is 0. The van der Waals surface area contributed by atoms with Crippen molar-refractivity contribution < 1.29 is 4.74 Å². The Morgan fingerprint density at radius 2 is 1.74 bits per heavy atom. The number of benzene rings is 1. The first kappa shape index (κ1) is 24.6. The monoisotopic (exact) mass is 523 g/mol. The Labute approximate surface area is 229 Å². The van der Waals surface area contributed by atoms with E-state index >= 15 is 0 Å². The van der Waals surface area contributed by atoms with E-state index in [1.165, 1.54) is 35.4 Å². The highest BCUT2D eigenvalue weighted by Crippen LogP contribution is 2.43. The van der Waals surface area contributed by atoms with Crippen LogP contribution in [0.25, 0.3) is 0 Å². The predicted octanol–water partition coefficient (Wildman–Crippen LogP) is 6.44. The van der Waals surface area contributed by atoms with Crippen LogP contribution in [0.5, 0.6) is 5.75 Å². The number of anilines is 1. The predicted molar refractivity (Wildman–Crippen MR) is 155 cm³/mol. The second-order valence-corrected chi connectivity index (χ2v) is 10.7. The van der Waals surface area contributed by atoms with E-state index in [1.807, 2.05) is 30.7 Å². The molecule has 7 heteroatoms. The van der Waals surface area contributed by atoms with E-state index in [9.17, 15) is 0 Å². The maximum atomic E-state index is 6.23. The number of nitrogens with zero attached hydrogens (tertiary/aromatic N) is 4. The summed E-state index contributed by atoms with van der Waals surface area (Å²) in [5.74, 6) is 0.923.